The molecule has 27 heavy (non-hydrogen) atoms. The van der Waals surface area contributed by atoms with Crippen LogP contribution in [0.4, 0.5) is 0 Å². The van der Waals surface area contributed by atoms with Crippen LogP contribution in [0, 0.1) is 0 Å². The Morgan fingerprint density at radius 3 is 2.56 bits per heavy atom. The Bertz CT molecular complexity index is 1060. The van der Waals surface area contributed by atoms with Crippen LogP contribution < -0.4 is 15.1 Å². The van der Waals surface area contributed by atoms with Gasteiger partial charge in [0.1, 0.15) is 12.4 Å². The third-order valence-electron chi connectivity index (χ3n) is 4.36. The first-order chi connectivity index (χ1) is 13.0. The van der Waals surface area contributed by atoms with Gasteiger partial charge in [0.2, 0.25) is 5.75 Å². The van der Waals surface area contributed by atoms with Crippen molar-refractivity contribution in [3.8, 4) is 11.5 Å². The molecular weight excluding hydrogens is 344 g/mol. The van der Waals surface area contributed by atoms with Gasteiger partial charge < -0.3 is 18.3 Å². The SMILES string of the molecule is COc1c2occc2c(OCC=C(C)CCC=C(C)C)c2ccc(=O)oc12. The van der Waals surface area contributed by atoms with E-state index < -0.39 is 5.63 Å². The summed E-state index contributed by atoms with van der Waals surface area (Å²) in [6.07, 6.45) is 7.88. The zero-order chi connectivity index (χ0) is 19.4. The molecule has 2 aromatic heterocycles. The second-order valence-corrected chi connectivity index (χ2v) is 6.70. The van der Waals surface area contributed by atoms with Crippen molar-refractivity contribution in [1.29, 1.82) is 0 Å². The number of allylic oxidation sites excluding steroid dienone is 3. The van der Waals surface area contributed by atoms with Crippen molar-refractivity contribution in [1.82, 2.24) is 0 Å². The number of hydrogen-bond acceptors (Lipinski definition) is 5. The van der Waals surface area contributed by atoms with Crippen molar-refractivity contribution in [2.75, 3.05) is 13.7 Å². The Morgan fingerprint density at radius 1 is 1.04 bits per heavy atom. The molecule has 0 unspecified atom stereocenters. The largest absolute Gasteiger partial charge is 0.490 e. The summed E-state index contributed by atoms with van der Waals surface area (Å²) >= 11 is 0. The standard InChI is InChI=1S/C22H24O5/c1-14(2)6-5-7-15(3)10-12-25-19-16-8-9-18(23)27-21(16)22(24-4)20-17(19)11-13-26-20/h6,8-11,13H,5,7,12H2,1-4H3. The van der Waals surface area contributed by atoms with Crippen LogP contribution in [0.25, 0.3) is 21.9 Å². The predicted octanol–water partition coefficient (Wildman–Crippen LogP) is 5.62. The number of ether oxygens (including phenoxy) is 2. The zero-order valence-corrected chi connectivity index (χ0v) is 16.1. The van der Waals surface area contributed by atoms with Gasteiger partial charge in [0.25, 0.3) is 0 Å². The summed E-state index contributed by atoms with van der Waals surface area (Å²) in [5.74, 6) is 1.01. The van der Waals surface area contributed by atoms with E-state index in [1.54, 1.807) is 12.3 Å². The molecule has 2 heterocycles. The van der Waals surface area contributed by atoms with E-state index in [-0.39, 0.29) is 0 Å². The van der Waals surface area contributed by atoms with Crippen molar-refractivity contribution in [2.45, 2.75) is 33.6 Å². The van der Waals surface area contributed by atoms with Gasteiger partial charge in [0.15, 0.2) is 11.2 Å². The molecule has 0 atom stereocenters. The smallest absolute Gasteiger partial charge is 0.336 e. The molecule has 0 N–H and O–H groups in total. The van der Waals surface area contributed by atoms with Crippen molar-refractivity contribution < 1.29 is 18.3 Å². The van der Waals surface area contributed by atoms with Gasteiger partial charge in [-0.05, 0) is 51.8 Å². The quantitative estimate of drug-likeness (QED) is 0.400. The fourth-order valence-electron chi connectivity index (χ4n) is 2.97. The molecule has 1 aromatic carbocycles. The molecule has 5 nitrogen and oxygen atoms in total. The average molecular weight is 368 g/mol. The van der Waals surface area contributed by atoms with Gasteiger partial charge in [-0.3, -0.25) is 0 Å². The Labute approximate surface area is 157 Å². The molecule has 0 spiro atoms. The second kappa shape index (κ2) is 8.16. The zero-order valence-electron chi connectivity index (χ0n) is 16.1. The number of furan rings is 1. The predicted molar refractivity (Wildman–Crippen MR) is 107 cm³/mol. The molecule has 0 radical (unpaired) electrons. The Morgan fingerprint density at radius 2 is 1.81 bits per heavy atom. The van der Waals surface area contributed by atoms with Crippen LogP contribution in [0.5, 0.6) is 11.5 Å². The maximum absolute atomic E-state index is 11.7. The van der Waals surface area contributed by atoms with Gasteiger partial charge >= 0.3 is 5.63 Å². The minimum absolute atomic E-state index is 0.326. The van der Waals surface area contributed by atoms with Crippen molar-refractivity contribution >= 4 is 21.9 Å². The Hall–Kier alpha value is -2.95. The maximum Gasteiger partial charge on any atom is 0.336 e. The highest BCUT2D eigenvalue weighted by Gasteiger charge is 2.20. The van der Waals surface area contributed by atoms with Gasteiger partial charge in [-0.2, -0.15) is 0 Å². The third-order valence-corrected chi connectivity index (χ3v) is 4.36. The first-order valence-corrected chi connectivity index (χ1v) is 8.94. The summed E-state index contributed by atoms with van der Waals surface area (Å²) in [6.45, 7) is 6.72. The lowest BCUT2D eigenvalue weighted by molar-refractivity contribution is 0.367. The first kappa shape index (κ1) is 18.8. The lowest BCUT2D eigenvalue weighted by atomic mass is 10.1. The molecular formula is C22H24O5. The lowest BCUT2D eigenvalue weighted by Gasteiger charge is -2.11. The van der Waals surface area contributed by atoms with Crippen molar-refractivity contribution in [2.24, 2.45) is 0 Å². The summed E-state index contributed by atoms with van der Waals surface area (Å²) in [7, 11) is 1.52. The van der Waals surface area contributed by atoms with E-state index in [1.807, 2.05) is 6.07 Å². The van der Waals surface area contributed by atoms with Crippen LogP contribution in [0.2, 0.25) is 0 Å². The van der Waals surface area contributed by atoms with Gasteiger partial charge in [0, 0.05) is 6.07 Å². The van der Waals surface area contributed by atoms with Gasteiger partial charge in [-0.1, -0.05) is 17.2 Å². The molecule has 0 saturated heterocycles. The number of benzene rings is 1. The van der Waals surface area contributed by atoms with Crippen LogP contribution in [-0.2, 0) is 0 Å². The van der Waals surface area contributed by atoms with E-state index in [0.29, 0.717) is 34.7 Å². The summed E-state index contributed by atoms with van der Waals surface area (Å²) < 4.78 is 22.4. The van der Waals surface area contributed by atoms with Crippen LogP contribution in [0.1, 0.15) is 33.6 Å². The van der Waals surface area contributed by atoms with E-state index in [4.69, 9.17) is 18.3 Å². The topological polar surface area (TPSA) is 61.8 Å². The van der Waals surface area contributed by atoms with Gasteiger partial charge in [0.05, 0.1) is 24.1 Å². The summed E-state index contributed by atoms with van der Waals surface area (Å²) in [4.78, 5) is 11.7. The lowest BCUT2D eigenvalue weighted by Crippen LogP contribution is -2.01. The molecule has 3 rings (SSSR count). The fraction of sp³-hybridized carbons (Fsp3) is 0.318. The highest BCUT2D eigenvalue weighted by atomic mass is 16.5. The minimum Gasteiger partial charge on any atom is -0.490 e. The van der Waals surface area contributed by atoms with E-state index in [1.165, 1.54) is 24.3 Å². The van der Waals surface area contributed by atoms with E-state index in [2.05, 4.69) is 32.9 Å². The highest BCUT2D eigenvalue weighted by molar-refractivity contribution is 6.06. The van der Waals surface area contributed by atoms with E-state index >= 15 is 0 Å². The van der Waals surface area contributed by atoms with E-state index in [0.717, 1.165) is 18.2 Å². The Kier molecular flexibility index (Phi) is 5.69. The molecule has 3 aromatic rings. The molecule has 0 amide bonds. The number of rotatable bonds is 7. The number of methoxy groups -OCH3 is 1. The second-order valence-electron chi connectivity index (χ2n) is 6.70. The molecule has 0 saturated carbocycles. The van der Waals surface area contributed by atoms with Crippen LogP contribution in [-0.4, -0.2) is 13.7 Å². The minimum atomic E-state index is -0.451. The highest BCUT2D eigenvalue weighted by Crippen LogP contribution is 2.42. The van der Waals surface area contributed by atoms with Crippen molar-refractivity contribution in [3.05, 3.63) is 58.2 Å². The molecule has 0 aliphatic rings. The van der Waals surface area contributed by atoms with Gasteiger partial charge in [-0.25, -0.2) is 4.79 Å². The van der Waals surface area contributed by atoms with Crippen molar-refractivity contribution in [3.63, 3.8) is 0 Å². The maximum atomic E-state index is 11.7. The molecule has 0 bridgehead atoms. The summed E-state index contributed by atoms with van der Waals surface area (Å²) in [6, 6.07) is 4.89. The first-order valence-electron chi connectivity index (χ1n) is 8.94. The Balaban J connectivity index is 1.93. The normalized spacial score (nSPS) is 11.8. The summed E-state index contributed by atoms with van der Waals surface area (Å²) in [5, 5.41) is 1.46. The molecule has 0 aliphatic carbocycles. The third kappa shape index (κ3) is 4.08. The molecule has 142 valence electrons. The van der Waals surface area contributed by atoms with E-state index in [9.17, 15) is 4.79 Å². The van der Waals surface area contributed by atoms with Crippen LogP contribution in [0.3, 0.4) is 0 Å². The fourth-order valence-corrected chi connectivity index (χ4v) is 2.97. The number of fused-ring (bicyclic) bond motifs is 2. The molecule has 0 aliphatic heterocycles. The van der Waals surface area contributed by atoms with Gasteiger partial charge in [-0.15, -0.1) is 0 Å². The monoisotopic (exact) mass is 368 g/mol. The van der Waals surface area contributed by atoms with Crippen LogP contribution >= 0.6 is 0 Å². The van der Waals surface area contributed by atoms with Crippen LogP contribution in [0.15, 0.2) is 61.4 Å². The molecule has 0 fully saturated rings. The molecule has 5 heteroatoms. The summed E-state index contributed by atoms with van der Waals surface area (Å²) in [5.41, 5.74) is 2.96. The number of hydrogen-bond donors (Lipinski definition) is 0. The average Bonchev–Trinajstić information content (AvgIpc) is 3.10.